The molecule has 1 aromatic heterocycles. The standard InChI is InChI=1S/C23H31N3O3/c1-15(2)13-26(23(28)18-8-6-9-18)14-21-24-16(3)20(22(27)25-21)12-17-7-5-10-19(11-17)29-4/h5,7,10-11,15,18H,6,8-9,12-14H2,1-4H3,(H,24,25,27). The van der Waals surface area contributed by atoms with Crippen molar-refractivity contribution in [3.8, 4) is 5.75 Å². The first kappa shape index (κ1) is 21.1. The summed E-state index contributed by atoms with van der Waals surface area (Å²) in [5.74, 6) is 1.99. The van der Waals surface area contributed by atoms with Crippen LogP contribution in [0.15, 0.2) is 29.1 Å². The fourth-order valence-corrected chi connectivity index (χ4v) is 3.71. The van der Waals surface area contributed by atoms with Crippen LogP contribution >= 0.6 is 0 Å². The molecular weight excluding hydrogens is 366 g/mol. The molecule has 29 heavy (non-hydrogen) atoms. The highest BCUT2D eigenvalue weighted by Crippen LogP contribution is 2.29. The summed E-state index contributed by atoms with van der Waals surface area (Å²) in [4.78, 5) is 34.9. The van der Waals surface area contributed by atoms with E-state index in [9.17, 15) is 9.59 Å². The number of benzene rings is 1. The molecule has 1 heterocycles. The molecular formula is C23H31N3O3. The number of hydrogen-bond acceptors (Lipinski definition) is 4. The van der Waals surface area contributed by atoms with Crippen LogP contribution in [-0.4, -0.2) is 34.4 Å². The van der Waals surface area contributed by atoms with Gasteiger partial charge in [0.05, 0.1) is 13.7 Å². The minimum absolute atomic E-state index is 0.133. The Morgan fingerprint density at radius 2 is 2.10 bits per heavy atom. The summed E-state index contributed by atoms with van der Waals surface area (Å²) in [6.45, 7) is 7.07. The molecule has 6 heteroatoms. The smallest absolute Gasteiger partial charge is 0.254 e. The number of aromatic amines is 1. The number of amides is 1. The van der Waals surface area contributed by atoms with Gasteiger partial charge >= 0.3 is 0 Å². The molecule has 1 saturated carbocycles. The van der Waals surface area contributed by atoms with Gasteiger partial charge in [-0.15, -0.1) is 0 Å². The molecule has 1 aliphatic rings. The Morgan fingerprint density at radius 3 is 2.69 bits per heavy atom. The summed E-state index contributed by atoms with van der Waals surface area (Å²) in [5, 5.41) is 0. The molecule has 0 unspecified atom stereocenters. The van der Waals surface area contributed by atoms with Gasteiger partial charge in [-0.2, -0.15) is 0 Å². The van der Waals surface area contributed by atoms with E-state index in [4.69, 9.17) is 4.74 Å². The molecule has 0 radical (unpaired) electrons. The van der Waals surface area contributed by atoms with E-state index in [1.807, 2.05) is 36.1 Å². The van der Waals surface area contributed by atoms with E-state index < -0.39 is 0 Å². The first-order valence-corrected chi connectivity index (χ1v) is 10.4. The maximum atomic E-state index is 12.8. The maximum Gasteiger partial charge on any atom is 0.254 e. The highest BCUT2D eigenvalue weighted by Gasteiger charge is 2.30. The van der Waals surface area contributed by atoms with Gasteiger partial charge in [0, 0.05) is 30.1 Å². The number of hydrogen-bond donors (Lipinski definition) is 1. The van der Waals surface area contributed by atoms with Crippen molar-refractivity contribution in [2.24, 2.45) is 11.8 Å². The largest absolute Gasteiger partial charge is 0.497 e. The summed E-state index contributed by atoms with van der Waals surface area (Å²) in [5.41, 5.74) is 2.19. The summed E-state index contributed by atoms with van der Waals surface area (Å²) >= 11 is 0. The molecule has 0 saturated heterocycles. The average molecular weight is 398 g/mol. The second kappa shape index (κ2) is 9.25. The van der Waals surface area contributed by atoms with Gasteiger partial charge in [-0.3, -0.25) is 9.59 Å². The number of carbonyl (C=O) groups is 1. The van der Waals surface area contributed by atoms with E-state index in [1.54, 1.807) is 7.11 Å². The van der Waals surface area contributed by atoms with Crippen LogP contribution in [0, 0.1) is 18.8 Å². The Hall–Kier alpha value is -2.63. The molecule has 2 aromatic rings. The molecule has 0 bridgehead atoms. The van der Waals surface area contributed by atoms with E-state index in [0.717, 1.165) is 30.6 Å². The predicted molar refractivity (Wildman–Crippen MR) is 113 cm³/mol. The number of carbonyl (C=O) groups excluding carboxylic acids is 1. The van der Waals surface area contributed by atoms with Gasteiger partial charge < -0.3 is 14.6 Å². The van der Waals surface area contributed by atoms with Crippen molar-refractivity contribution >= 4 is 5.91 Å². The maximum absolute atomic E-state index is 12.8. The van der Waals surface area contributed by atoms with Crippen molar-refractivity contribution < 1.29 is 9.53 Å². The van der Waals surface area contributed by atoms with Crippen molar-refractivity contribution in [1.82, 2.24) is 14.9 Å². The van der Waals surface area contributed by atoms with Crippen LogP contribution in [0.2, 0.25) is 0 Å². The van der Waals surface area contributed by atoms with Gasteiger partial charge in [0.15, 0.2) is 0 Å². The van der Waals surface area contributed by atoms with Crippen molar-refractivity contribution in [2.45, 2.75) is 53.0 Å². The topological polar surface area (TPSA) is 75.3 Å². The summed E-state index contributed by atoms with van der Waals surface area (Å²) in [6, 6.07) is 7.69. The van der Waals surface area contributed by atoms with Gasteiger partial charge in [-0.25, -0.2) is 4.98 Å². The zero-order valence-electron chi connectivity index (χ0n) is 17.8. The Balaban J connectivity index is 1.79. The first-order chi connectivity index (χ1) is 13.9. The number of rotatable bonds is 8. The molecule has 1 aromatic carbocycles. The SMILES string of the molecule is COc1cccc(Cc2c(C)nc(CN(CC(C)C)C(=O)C3CCC3)[nH]c2=O)c1. The lowest BCUT2D eigenvalue weighted by Gasteiger charge is -2.32. The van der Waals surface area contributed by atoms with E-state index >= 15 is 0 Å². The Labute approximate surface area is 172 Å². The van der Waals surface area contributed by atoms with E-state index in [0.29, 0.717) is 42.5 Å². The van der Waals surface area contributed by atoms with E-state index in [1.165, 1.54) is 0 Å². The monoisotopic (exact) mass is 397 g/mol. The van der Waals surface area contributed by atoms with Crippen molar-refractivity contribution in [2.75, 3.05) is 13.7 Å². The summed E-state index contributed by atoms with van der Waals surface area (Å²) < 4.78 is 5.26. The lowest BCUT2D eigenvalue weighted by atomic mass is 9.84. The number of H-pyrrole nitrogens is 1. The normalized spacial score (nSPS) is 14.0. The third-order valence-electron chi connectivity index (χ3n) is 5.48. The summed E-state index contributed by atoms with van der Waals surface area (Å²) in [7, 11) is 1.63. The first-order valence-electron chi connectivity index (χ1n) is 10.4. The zero-order valence-corrected chi connectivity index (χ0v) is 17.8. The van der Waals surface area contributed by atoms with Crippen LogP contribution in [0.25, 0.3) is 0 Å². The number of nitrogens with zero attached hydrogens (tertiary/aromatic N) is 2. The van der Waals surface area contributed by atoms with Crippen LogP contribution in [0.5, 0.6) is 5.75 Å². The van der Waals surface area contributed by atoms with Gasteiger partial charge in [0.1, 0.15) is 11.6 Å². The molecule has 3 rings (SSSR count). The molecule has 0 aliphatic heterocycles. The van der Waals surface area contributed by atoms with Crippen LogP contribution in [0.3, 0.4) is 0 Å². The Bertz CT molecular complexity index is 916. The van der Waals surface area contributed by atoms with Crippen molar-refractivity contribution in [3.05, 3.63) is 57.3 Å². The summed E-state index contributed by atoms with van der Waals surface area (Å²) in [6.07, 6.45) is 3.55. The number of methoxy groups -OCH3 is 1. The Morgan fingerprint density at radius 1 is 1.34 bits per heavy atom. The van der Waals surface area contributed by atoms with Crippen LogP contribution < -0.4 is 10.3 Å². The average Bonchev–Trinajstić information content (AvgIpc) is 2.62. The van der Waals surface area contributed by atoms with E-state index in [2.05, 4.69) is 23.8 Å². The van der Waals surface area contributed by atoms with Gasteiger partial charge in [0.25, 0.3) is 5.56 Å². The molecule has 0 atom stereocenters. The molecule has 1 N–H and O–H groups in total. The van der Waals surface area contributed by atoms with Gasteiger partial charge in [-0.05, 0) is 43.4 Å². The predicted octanol–water partition coefficient (Wildman–Crippen LogP) is 3.46. The fourth-order valence-electron chi connectivity index (χ4n) is 3.71. The molecule has 1 fully saturated rings. The zero-order chi connectivity index (χ0) is 21.0. The van der Waals surface area contributed by atoms with Crippen molar-refractivity contribution in [1.29, 1.82) is 0 Å². The second-order valence-electron chi connectivity index (χ2n) is 8.35. The highest BCUT2D eigenvalue weighted by molar-refractivity contribution is 5.79. The lowest BCUT2D eigenvalue weighted by molar-refractivity contribution is -0.139. The van der Waals surface area contributed by atoms with Crippen LogP contribution in [-0.2, 0) is 17.8 Å². The van der Waals surface area contributed by atoms with Crippen LogP contribution in [0.4, 0.5) is 0 Å². The fraction of sp³-hybridized carbons (Fsp3) is 0.522. The van der Waals surface area contributed by atoms with E-state index in [-0.39, 0.29) is 17.4 Å². The second-order valence-corrected chi connectivity index (χ2v) is 8.35. The van der Waals surface area contributed by atoms with Crippen molar-refractivity contribution in [3.63, 3.8) is 0 Å². The number of ether oxygens (including phenoxy) is 1. The number of aromatic nitrogens is 2. The number of nitrogens with one attached hydrogen (secondary N) is 1. The Kier molecular flexibility index (Phi) is 6.72. The molecule has 1 amide bonds. The van der Waals surface area contributed by atoms with Gasteiger partial charge in [-0.1, -0.05) is 32.4 Å². The third kappa shape index (κ3) is 5.25. The third-order valence-corrected chi connectivity index (χ3v) is 5.48. The molecule has 1 aliphatic carbocycles. The molecule has 156 valence electrons. The molecule has 6 nitrogen and oxygen atoms in total. The minimum atomic E-state index is -0.143. The molecule has 0 spiro atoms. The quantitative estimate of drug-likeness (QED) is 0.740. The lowest BCUT2D eigenvalue weighted by Crippen LogP contribution is -2.41. The van der Waals surface area contributed by atoms with Crippen LogP contribution in [0.1, 0.15) is 55.8 Å². The minimum Gasteiger partial charge on any atom is -0.497 e. The number of aryl methyl sites for hydroxylation is 1. The van der Waals surface area contributed by atoms with Gasteiger partial charge in [0.2, 0.25) is 5.91 Å². The highest BCUT2D eigenvalue weighted by atomic mass is 16.5.